The van der Waals surface area contributed by atoms with Crippen LogP contribution in [-0.4, -0.2) is 32.4 Å². The first-order valence-electron chi connectivity index (χ1n) is 9.67. The van der Waals surface area contributed by atoms with Crippen LogP contribution in [0.25, 0.3) is 10.8 Å². The van der Waals surface area contributed by atoms with Crippen LogP contribution < -0.4 is 19.6 Å². The van der Waals surface area contributed by atoms with E-state index in [2.05, 4.69) is 33.0 Å². The van der Waals surface area contributed by atoms with Gasteiger partial charge in [-0.15, -0.1) is 0 Å². The molecule has 3 aromatic rings. The van der Waals surface area contributed by atoms with Gasteiger partial charge in [-0.3, -0.25) is 4.79 Å². The molecule has 0 bridgehead atoms. The molecule has 7 heteroatoms. The van der Waals surface area contributed by atoms with Crippen molar-refractivity contribution in [1.29, 1.82) is 0 Å². The zero-order chi connectivity index (χ0) is 22.2. The van der Waals surface area contributed by atoms with Gasteiger partial charge in [-0.05, 0) is 57.9 Å². The summed E-state index contributed by atoms with van der Waals surface area (Å²) in [5, 5.41) is 6.04. The van der Waals surface area contributed by atoms with Crippen molar-refractivity contribution in [2.45, 2.75) is 6.92 Å². The van der Waals surface area contributed by atoms with Gasteiger partial charge in [0.15, 0.2) is 11.5 Å². The molecular formula is C24H23BrN2O4. The van der Waals surface area contributed by atoms with E-state index >= 15 is 0 Å². The van der Waals surface area contributed by atoms with Gasteiger partial charge in [0.25, 0.3) is 5.91 Å². The van der Waals surface area contributed by atoms with Crippen LogP contribution in [-0.2, 0) is 0 Å². The summed E-state index contributed by atoms with van der Waals surface area (Å²) in [5.74, 6) is 1.29. The van der Waals surface area contributed by atoms with Crippen molar-refractivity contribution in [2.75, 3.05) is 20.3 Å². The maximum Gasteiger partial charge on any atom is 0.275 e. The average molecular weight is 483 g/mol. The Kier molecular flexibility index (Phi) is 7.67. The van der Waals surface area contributed by atoms with Gasteiger partial charge in [0.1, 0.15) is 12.4 Å². The average Bonchev–Trinajstić information content (AvgIpc) is 2.78. The molecule has 3 aromatic carbocycles. The monoisotopic (exact) mass is 482 g/mol. The van der Waals surface area contributed by atoms with E-state index in [4.69, 9.17) is 14.2 Å². The molecule has 0 aliphatic heterocycles. The Morgan fingerprint density at radius 1 is 1.10 bits per heavy atom. The predicted octanol–water partition coefficient (Wildman–Crippen LogP) is 5.34. The molecule has 0 radical (unpaired) electrons. The van der Waals surface area contributed by atoms with Crippen LogP contribution in [0.2, 0.25) is 0 Å². The van der Waals surface area contributed by atoms with Crippen molar-refractivity contribution < 1.29 is 19.0 Å². The highest BCUT2D eigenvalue weighted by molar-refractivity contribution is 9.10. The Morgan fingerprint density at radius 2 is 1.81 bits per heavy atom. The van der Waals surface area contributed by atoms with Crippen molar-refractivity contribution >= 4 is 38.8 Å². The van der Waals surface area contributed by atoms with E-state index in [1.165, 1.54) is 13.3 Å². The number of carbonyl (C=O) groups is 1. The second kappa shape index (κ2) is 10.6. The lowest BCUT2D eigenvalue weighted by Crippen LogP contribution is -2.18. The van der Waals surface area contributed by atoms with E-state index in [0.29, 0.717) is 36.0 Å². The number of nitrogens with zero attached hydrogens (tertiary/aromatic N) is 1. The molecule has 0 aliphatic carbocycles. The molecule has 0 spiro atoms. The Balaban J connectivity index is 1.81. The number of nitrogens with one attached hydrogen (secondary N) is 1. The third-order valence-corrected chi connectivity index (χ3v) is 5.09. The highest BCUT2D eigenvalue weighted by Crippen LogP contribution is 2.33. The number of ether oxygens (including phenoxy) is 3. The van der Waals surface area contributed by atoms with E-state index in [0.717, 1.165) is 20.8 Å². The lowest BCUT2D eigenvalue weighted by molar-refractivity contribution is 0.0952. The van der Waals surface area contributed by atoms with E-state index in [9.17, 15) is 4.79 Å². The molecular weight excluding hydrogens is 460 g/mol. The van der Waals surface area contributed by atoms with Gasteiger partial charge in [-0.1, -0.05) is 36.9 Å². The Hall–Kier alpha value is -3.32. The van der Waals surface area contributed by atoms with Crippen LogP contribution in [0.1, 0.15) is 22.8 Å². The first kappa shape index (κ1) is 22.4. The van der Waals surface area contributed by atoms with Gasteiger partial charge in [0, 0.05) is 10.0 Å². The largest absolute Gasteiger partial charge is 0.496 e. The summed E-state index contributed by atoms with van der Waals surface area (Å²) in [5.41, 5.74) is 3.68. The van der Waals surface area contributed by atoms with E-state index in [1.54, 1.807) is 24.3 Å². The minimum Gasteiger partial charge on any atom is -0.496 e. The lowest BCUT2D eigenvalue weighted by atomic mass is 10.1. The van der Waals surface area contributed by atoms with Gasteiger partial charge in [0.05, 0.1) is 25.5 Å². The summed E-state index contributed by atoms with van der Waals surface area (Å²) in [4.78, 5) is 12.7. The van der Waals surface area contributed by atoms with Crippen molar-refractivity contribution in [2.24, 2.45) is 5.10 Å². The highest BCUT2D eigenvalue weighted by Gasteiger charge is 2.14. The van der Waals surface area contributed by atoms with Gasteiger partial charge in [-0.25, -0.2) is 5.43 Å². The SMILES string of the molecule is C=CCOc1cc(Br)c(/C=N\NC(=O)c2cc3ccccc3cc2OC)cc1OCC. The molecule has 1 N–H and O–H groups in total. The lowest BCUT2D eigenvalue weighted by Gasteiger charge is -2.13. The number of methoxy groups -OCH3 is 1. The zero-order valence-electron chi connectivity index (χ0n) is 17.4. The predicted molar refractivity (Wildman–Crippen MR) is 127 cm³/mol. The number of hydrogen-bond acceptors (Lipinski definition) is 5. The van der Waals surface area contributed by atoms with Crippen molar-refractivity contribution in [3.05, 3.63) is 76.8 Å². The Bertz CT molecular complexity index is 1130. The molecule has 31 heavy (non-hydrogen) atoms. The van der Waals surface area contributed by atoms with E-state index in [-0.39, 0.29) is 5.91 Å². The number of benzene rings is 3. The second-order valence-corrected chi connectivity index (χ2v) is 7.31. The smallest absolute Gasteiger partial charge is 0.275 e. The number of rotatable bonds is 9. The molecule has 0 heterocycles. The highest BCUT2D eigenvalue weighted by atomic mass is 79.9. The summed E-state index contributed by atoms with van der Waals surface area (Å²) in [7, 11) is 1.53. The summed E-state index contributed by atoms with van der Waals surface area (Å²) in [6.07, 6.45) is 3.20. The summed E-state index contributed by atoms with van der Waals surface area (Å²) < 4.78 is 17.4. The molecule has 0 aliphatic rings. The quantitative estimate of drug-likeness (QED) is 0.254. The Labute approximate surface area is 189 Å². The van der Waals surface area contributed by atoms with E-state index in [1.807, 2.05) is 37.3 Å². The number of halogens is 1. The first-order chi connectivity index (χ1) is 15.1. The second-order valence-electron chi connectivity index (χ2n) is 6.45. The van der Waals surface area contributed by atoms with Crippen molar-refractivity contribution in [1.82, 2.24) is 5.43 Å². The van der Waals surface area contributed by atoms with Crippen LogP contribution in [0.3, 0.4) is 0 Å². The number of hydrazone groups is 1. The molecule has 3 rings (SSSR count). The number of fused-ring (bicyclic) bond motifs is 1. The minimum atomic E-state index is -0.369. The van der Waals surface area contributed by atoms with Gasteiger partial charge >= 0.3 is 0 Å². The summed E-state index contributed by atoms with van der Waals surface area (Å²) in [6.45, 7) is 6.40. The molecule has 160 valence electrons. The fourth-order valence-electron chi connectivity index (χ4n) is 2.97. The maximum atomic E-state index is 12.7. The van der Waals surface area contributed by atoms with Crippen molar-refractivity contribution in [3.8, 4) is 17.2 Å². The maximum absolute atomic E-state index is 12.7. The molecule has 6 nitrogen and oxygen atoms in total. The van der Waals surface area contributed by atoms with Crippen LogP contribution in [0, 0.1) is 0 Å². The van der Waals surface area contributed by atoms with Gasteiger partial charge < -0.3 is 14.2 Å². The number of carbonyl (C=O) groups excluding carboxylic acids is 1. The molecule has 0 saturated heterocycles. The fourth-order valence-corrected chi connectivity index (χ4v) is 3.39. The normalized spacial score (nSPS) is 10.8. The molecule has 0 saturated carbocycles. The van der Waals surface area contributed by atoms with Gasteiger partial charge in [-0.2, -0.15) is 5.10 Å². The molecule has 0 fully saturated rings. The first-order valence-corrected chi connectivity index (χ1v) is 10.5. The fraction of sp³-hybridized carbons (Fsp3) is 0.167. The van der Waals surface area contributed by atoms with Gasteiger partial charge in [0.2, 0.25) is 0 Å². The number of amides is 1. The van der Waals surface area contributed by atoms with Crippen molar-refractivity contribution in [3.63, 3.8) is 0 Å². The van der Waals surface area contributed by atoms with Crippen LogP contribution in [0.5, 0.6) is 17.2 Å². The summed E-state index contributed by atoms with van der Waals surface area (Å²) >= 11 is 3.50. The standard InChI is InChI=1S/C24H23BrN2O4/c1-4-10-31-23-14-20(25)18(13-22(23)30-5-2)15-26-27-24(28)19-11-16-8-6-7-9-17(16)12-21(19)29-3/h4,6-9,11-15H,1,5,10H2,2-3H3,(H,27,28)/b26-15-. The third kappa shape index (κ3) is 5.44. The molecule has 0 aromatic heterocycles. The van der Waals surface area contributed by atoms with Crippen LogP contribution >= 0.6 is 15.9 Å². The molecule has 0 unspecified atom stereocenters. The van der Waals surface area contributed by atoms with Crippen LogP contribution in [0.4, 0.5) is 0 Å². The van der Waals surface area contributed by atoms with E-state index < -0.39 is 0 Å². The topological polar surface area (TPSA) is 69.2 Å². The summed E-state index contributed by atoms with van der Waals surface area (Å²) in [6, 6.07) is 15.0. The third-order valence-electron chi connectivity index (χ3n) is 4.40. The minimum absolute atomic E-state index is 0.365. The number of hydrogen-bond donors (Lipinski definition) is 1. The molecule has 1 amide bonds. The molecule has 0 atom stereocenters. The van der Waals surface area contributed by atoms with Crippen LogP contribution in [0.15, 0.2) is 70.8 Å². The Morgan fingerprint density at radius 3 is 2.48 bits per heavy atom. The zero-order valence-corrected chi connectivity index (χ0v) is 18.9.